The molecule has 0 heterocycles. The molecule has 0 aliphatic carbocycles. The molecule has 53 heavy (non-hydrogen) atoms. The van der Waals surface area contributed by atoms with Crippen LogP contribution in [-0.2, 0) is 27.3 Å². The Hall–Kier alpha value is -1.86. The summed E-state index contributed by atoms with van der Waals surface area (Å²) in [6, 6.07) is 15.8. The van der Waals surface area contributed by atoms with Crippen LogP contribution < -0.4 is 16.2 Å². The average Bonchev–Trinajstić information content (AvgIpc) is 3.80. The number of aryl methyl sites for hydroxylation is 1. The summed E-state index contributed by atoms with van der Waals surface area (Å²) < 4.78 is 143. The molecular weight excluding hydrogens is 850 g/mol. The van der Waals surface area contributed by atoms with E-state index in [0.717, 1.165) is 5.56 Å². The first-order valence-corrected chi connectivity index (χ1v) is 24.2. The van der Waals surface area contributed by atoms with Gasteiger partial charge in [0.15, 0.2) is 58.2 Å². The van der Waals surface area contributed by atoms with Crippen molar-refractivity contribution in [1.82, 2.24) is 0 Å². The molecule has 0 saturated carbocycles. The molecule has 0 nitrogen and oxygen atoms in total. The number of rotatable bonds is 10. The van der Waals surface area contributed by atoms with E-state index >= 15 is 0 Å². The van der Waals surface area contributed by atoms with Crippen LogP contribution in [0.4, 0.5) is 43.9 Å². The molecule has 0 amide bonds. The number of allylic oxidation sites excluding steroid dienone is 2. The first-order chi connectivity index (χ1) is 24.7. The van der Waals surface area contributed by atoms with Crippen LogP contribution in [0.2, 0.25) is 0 Å². The van der Waals surface area contributed by atoms with Crippen molar-refractivity contribution in [3.8, 4) is 0 Å². The molecule has 0 N–H and O–H groups in total. The number of unbranched alkanes of at least 4 members (excludes halogenated alkanes) is 1. The Bertz CT molecular complexity index is 1660. The predicted octanol–water partition coefficient (Wildman–Crippen LogP) is 12.2. The van der Waals surface area contributed by atoms with Crippen LogP contribution >= 0.6 is 24.9 Å². The fourth-order valence-electron chi connectivity index (χ4n) is 6.33. The van der Waals surface area contributed by atoms with Gasteiger partial charge in [-0.25, -0.2) is 68.2 Å². The van der Waals surface area contributed by atoms with Crippen molar-refractivity contribution in [1.29, 1.82) is 0 Å². The SMILES string of the molecule is CC(C)(C)P(c1ccc[cH-]1)C(C)(C)C.CCC/C=C(\CCCc1ccc[cH-]1)B(c1c(F)c(F)c(F)c(F)c1F)c1c(F)c(F)c(F)c(F)c1F.[Cl][Zr+2][Cl]. The van der Waals surface area contributed by atoms with E-state index in [1.165, 1.54) is 6.08 Å². The Morgan fingerprint density at radius 3 is 1.42 bits per heavy atom. The standard InChI is InChI=1S/C25H18BF10.C13H22P.2ClH.Zr/c1-2-3-10-13(11-6-9-12-7-4-5-8-12)26(14-16(27)20(31)24(35)21(32)17(14)28)15-18(29)22(33)25(36)23(34)19(15)30;1-12(2,3)14(13(4,5)6)11-9-7-8-10-11;;;/h4-5,7-8,10H,2-3,6,9,11H2,1H3;7-10H,1-6H3;2*1H;/q2*-1;;;+4/p-2/b13-10+;;;;. The van der Waals surface area contributed by atoms with Crippen molar-refractivity contribution in [2.75, 3.05) is 0 Å². The molecule has 4 rings (SSSR count). The van der Waals surface area contributed by atoms with E-state index in [0.29, 0.717) is 23.2 Å². The van der Waals surface area contributed by atoms with E-state index in [9.17, 15) is 43.9 Å². The van der Waals surface area contributed by atoms with Gasteiger partial charge in [0.05, 0.1) is 0 Å². The van der Waals surface area contributed by atoms with Crippen LogP contribution in [0.1, 0.15) is 79.7 Å². The second-order valence-corrected chi connectivity index (χ2v) is 21.6. The van der Waals surface area contributed by atoms with Crippen molar-refractivity contribution in [3.05, 3.63) is 124 Å². The van der Waals surface area contributed by atoms with E-state index in [2.05, 4.69) is 65.8 Å². The summed E-state index contributed by atoms with van der Waals surface area (Å²) in [5.41, 5.74) is -2.83. The second-order valence-electron chi connectivity index (χ2n) is 14.0. The summed E-state index contributed by atoms with van der Waals surface area (Å²) in [5.74, 6) is -24.4. The summed E-state index contributed by atoms with van der Waals surface area (Å²) in [6.07, 6.45) is 2.12. The van der Waals surface area contributed by atoms with Crippen molar-refractivity contribution < 1.29 is 64.8 Å². The third-order valence-electron chi connectivity index (χ3n) is 8.04. The first-order valence-electron chi connectivity index (χ1n) is 16.6. The number of hydrogen-bond acceptors (Lipinski definition) is 0. The molecule has 0 radical (unpaired) electrons. The van der Waals surface area contributed by atoms with Crippen LogP contribution in [0.3, 0.4) is 0 Å². The second kappa shape index (κ2) is 20.9. The van der Waals surface area contributed by atoms with Gasteiger partial charge in [-0.15, -0.1) is 5.30 Å². The van der Waals surface area contributed by atoms with Gasteiger partial charge in [0.1, 0.15) is 0 Å². The Morgan fingerprint density at radius 2 is 1.08 bits per heavy atom. The molecule has 288 valence electrons. The van der Waals surface area contributed by atoms with Crippen LogP contribution in [-0.4, -0.2) is 17.0 Å². The van der Waals surface area contributed by atoms with Crippen molar-refractivity contribution in [3.63, 3.8) is 0 Å². The minimum absolute atomic E-state index is 0.101. The van der Waals surface area contributed by atoms with E-state index in [1.54, 1.807) is 36.5 Å². The maximum atomic E-state index is 14.9. The third-order valence-corrected chi connectivity index (χ3v) is 11.5. The van der Waals surface area contributed by atoms with E-state index in [1.807, 2.05) is 0 Å². The quantitative estimate of drug-likeness (QED) is 0.0372. The van der Waals surface area contributed by atoms with Crippen LogP contribution in [0.5, 0.6) is 0 Å². The van der Waals surface area contributed by atoms with Gasteiger partial charge in [0.2, 0.25) is 0 Å². The summed E-state index contributed by atoms with van der Waals surface area (Å²) >= 11 is -0.826. The summed E-state index contributed by atoms with van der Waals surface area (Å²) in [6.45, 7) is 13.3. The topological polar surface area (TPSA) is 0 Å². The van der Waals surface area contributed by atoms with Gasteiger partial charge in [-0.3, -0.25) is 0 Å². The number of benzene rings is 2. The summed E-state index contributed by atoms with van der Waals surface area (Å²) in [5, 5.41) is 2.32. The Labute approximate surface area is 325 Å². The summed E-state index contributed by atoms with van der Waals surface area (Å²) in [4.78, 5) is 0. The first kappa shape index (κ1) is 47.3. The van der Waals surface area contributed by atoms with E-state index < -0.39 is 96.7 Å². The molecule has 0 unspecified atom stereocenters. The Kier molecular flexibility index (Phi) is 18.6. The van der Waals surface area contributed by atoms with Crippen molar-refractivity contribution in [2.45, 2.75) is 90.9 Å². The van der Waals surface area contributed by atoms with Gasteiger partial charge in [-0.2, -0.15) is 29.8 Å². The van der Waals surface area contributed by atoms with E-state index in [4.69, 9.17) is 17.0 Å². The molecule has 0 bridgehead atoms. The monoisotopic (exact) mass is 888 g/mol. The van der Waals surface area contributed by atoms with Crippen LogP contribution in [0.25, 0.3) is 0 Å². The fraction of sp³-hybridized carbons (Fsp3) is 0.368. The number of halogens is 12. The zero-order valence-electron chi connectivity index (χ0n) is 30.3. The Morgan fingerprint density at radius 1 is 0.679 bits per heavy atom. The molecule has 0 saturated heterocycles. The van der Waals surface area contributed by atoms with Gasteiger partial charge >= 0.3 is 37.9 Å². The van der Waals surface area contributed by atoms with Gasteiger partial charge in [0.25, 0.3) is 6.71 Å². The predicted molar refractivity (Wildman–Crippen MR) is 195 cm³/mol. The maximum absolute atomic E-state index is 14.9. The molecule has 0 spiro atoms. The normalized spacial score (nSPS) is 11.9. The van der Waals surface area contributed by atoms with Crippen molar-refractivity contribution in [2.24, 2.45) is 0 Å². The molecule has 4 aromatic carbocycles. The summed E-state index contributed by atoms with van der Waals surface area (Å²) in [7, 11) is 9.77. The van der Waals surface area contributed by atoms with Crippen LogP contribution in [0.15, 0.2) is 60.1 Å². The minimum atomic E-state index is -2.53. The van der Waals surface area contributed by atoms with Gasteiger partial charge < -0.3 is 0 Å². The van der Waals surface area contributed by atoms with Crippen molar-refractivity contribution >= 4 is 47.9 Å². The number of hydrogen-bond donors (Lipinski definition) is 0. The molecule has 15 heteroatoms. The van der Waals surface area contributed by atoms with Crippen LogP contribution in [0, 0.1) is 58.2 Å². The Balaban J connectivity index is 0.000000474. The molecular formula is C38H40BCl2F10PZr. The molecule has 0 fully saturated rings. The van der Waals surface area contributed by atoms with E-state index in [-0.39, 0.29) is 32.7 Å². The molecule has 0 atom stereocenters. The van der Waals surface area contributed by atoms with Gasteiger partial charge in [-0.1, -0.05) is 80.8 Å². The zero-order valence-corrected chi connectivity index (χ0v) is 35.2. The zero-order chi connectivity index (χ0) is 40.4. The molecule has 0 aromatic heterocycles. The molecule has 4 aromatic rings. The fourth-order valence-corrected chi connectivity index (χ4v) is 10.4. The van der Waals surface area contributed by atoms with Gasteiger partial charge in [0, 0.05) is 10.9 Å². The van der Waals surface area contributed by atoms with Gasteiger partial charge in [-0.05, 0) is 29.6 Å². The molecule has 0 aliphatic heterocycles. The average molecular weight is 891 g/mol. The molecule has 0 aliphatic rings. The third kappa shape index (κ3) is 12.1.